The minimum Gasteiger partial charge on any atom is -0.360 e. The van der Waals surface area contributed by atoms with Crippen molar-refractivity contribution >= 4 is 34.6 Å². The molecule has 17 heteroatoms. The first-order valence-electron chi connectivity index (χ1n) is 20.8. The van der Waals surface area contributed by atoms with Crippen molar-refractivity contribution in [3.05, 3.63) is 144 Å². The number of aryl methyl sites for hydroxylation is 2. The molecule has 10 rings (SSSR count). The SMILES string of the molecule is Cc1nn2nc(C(C)(C)C)c(N=Nc3nc(-c4ccccc4)c(-c4ccccc4)[n-]3)c2[n-]1.Cc1nn2nc(C(C)(C)C)c(N=Nc3nc(-c4ccccc4)c(-c4ccccc4)[n-]3)c2[n-]1.[Co]. The quantitative estimate of drug-likeness (QED) is 0.133. The molecule has 329 valence electrons. The topological polar surface area (TPSA) is 192 Å². The fraction of sp³-hybridized carbons (Fsp3) is 0.208. The van der Waals surface area contributed by atoms with Crippen LogP contribution in [0.1, 0.15) is 64.6 Å². The second-order valence-corrected chi connectivity index (χ2v) is 17.1. The molecule has 0 fully saturated rings. The molecule has 4 aromatic carbocycles. The first-order valence-corrected chi connectivity index (χ1v) is 20.8. The Balaban J connectivity index is 0.000000175. The van der Waals surface area contributed by atoms with Crippen molar-refractivity contribution in [1.29, 1.82) is 0 Å². The number of nitrogens with zero attached hydrogens (tertiary/aromatic N) is 16. The van der Waals surface area contributed by atoms with E-state index in [0.29, 0.717) is 34.3 Å². The van der Waals surface area contributed by atoms with Crippen LogP contribution in [0.2, 0.25) is 0 Å². The van der Waals surface area contributed by atoms with Gasteiger partial charge in [-0.05, 0) is 47.8 Å². The van der Waals surface area contributed by atoms with Crippen LogP contribution in [-0.4, -0.2) is 39.6 Å². The molecule has 0 N–H and O–H groups in total. The standard InChI is InChI=1S/2C24H22N8.Co/c2*1-15-25-22-20(21(24(2,3)4)31-32(22)30-15)28-29-23-26-18(16-11-7-5-8-12-16)19(27-23)17-13-9-6-10-14-17;/h2*5-14H,1-4H3;/q2*-2;. The largest absolute Gasteiger partial charge is 0.360 e. The summed E-state index contributed by atoms with van der Waals surface area (Å²) in [4.78, 5) is 27.7. The van der Waals surface area contributed by atoms with E-state index >= 15 is 0 Å². The van der Waals surface area contributed by atoms with Gasteiger partial charge in [-0.3, -0.25) is 19.5 Å². The maximum absolute atomic E-state index is 4.70. The van der Waals surface area contributed by atoms with Crippen LogP contribution in [0, 0.1) is 13.8 Å². The molecular weight excluding hydrogens is 860 g/mol. The van der Waals surface area contributed by atoms with Crippen molar-refractivity contribution in [1.82, 2.24) is 59.6 Å². The Bertz CT molecular complexity index is 2910. The van der Waals surface area contributed by atoms with E-state index in [1.807, 2.05) is 135 Å². The van der Waals surface area contributed by atoms with Crippen LogP contribution in [0.15, 0.2) is 142 Å². The average Bonchev–Trinajstić information content (AvgIpc) is 4.15. The van der Waals surface area contributed by atoms with E-state index in [1.54, 1.807) is 0 Å². The number of aromatic nitrogens is 12. The number of rotatable bonds is 8. The van der Waals surface area contributed by atoms with Crippen LogP contribution < -0.4 is 19.9 Å². The van der Waals surface area contributed by atoms with Crippen molar-refractivity contribution in [2.45, 2.75) is 66.2 Å². The van der Waals surface area contributed by atoms with Gasteiger partial charge in [0.05, 0.1) is 22.7 Å². The van der Waals surface area contributed by atoms with Crippen LogP contribution >= 0.6 is 0 Å². The Kier molecular flexibility index (Phi) is 12.1. The summed E-state index contributed by atoms with van der Waals surface area (Å²) in [5, 5.41) is 35.6. The van der Waals surface area contributed by atoms with Gasteiger partial charge in [-0.1, -0.05) is 163 Å². The number of hydrogen-bond acceptors (Lipinski definition) is 10. The summed E-state index contributed by atoms with van der Waals surface area (Å²) in [5.74, 6) is 1.84. The van der Waals surface area contributed by atoms with Crippen LogP contribution in [0.4, 0.5) is 23.3 Å². The van der Waals surface area contributed by atoms with Gasteiger partial charge in [-0.2, -0.15) is 0 Å². The monoisotopic (exact) mass is 903 g/mol. The van der Waals surface area contributed by atoms with Gasteiger partial charge in [-0.25, -0.2) is 20.4 Å². The smallest absolute Gasteiger partial charge is 0.106 e. The molecule has 0 atom stereocenters. The third-order valence-electron chi connectivity index (χ3n) is 10.0. The van der Waals surface area contributed by atoms with Gasteiger partial charge in [0.15, 0.2) is 0 Å². The molecule has 0 aliphatic rings. The Hall–Kier alpha value is -7.63. The maximum Gasteiger partial charge on any atom is 0.106 e. The molecule has 0 unspecified atom stereocenters. The average molecular weight is 904 g/mol. The van der Waals surface area contributed by atoms with Crippen LogP contribution in [0.3, 0.4) is 0 Å². The molecule has 0 aliphatic carbocycles. The van der Waals surface area contributed by atoms with Gasteiger partial charge < -0.3 is 40.1 Å². The molecule has 0 saturated carbocycles. The predicted molar refractivity (Wildman–Crippen MR) is 245 cm³/mol. The third kappa shape index (κ3) is 9.23. The molecule has 0 bridgehead atoms. The third-order valence-corrected chi connectivity index (χ3v) is 10.0. The number of benzene rings is 4. The van der Waals surface area contributed by atoms with E-state index in [2.05, 4.69) is 92.4 Å². The molecular formula is C48H44CoN16-4. The van der Waals surface area contributed by atoms with E-state index in [4.69, 9.17) is 19.9 Å². The fourth-order valence-electron chi connectivity index (χ4n) is 7.06. The Morgan fingerprint density at radius 1 is 0.415 bits per heavy atom. The molecule has 6 aromatic heterocycles. The molecule has 16 nitrogen and oxygen atoms in total. The Morgan fingerprint density at radius 3 is 1.06 bits per heavy atom. The van der Waals surface area contributed by atoms with E-state index in [-0.39, 0.29) is 39.5 Å². The van der Waals surface area contributed by atoms with Crippen molar-refractivity contribution in [3.63, 3.8) is 0 Å². The first-order chi connectivity index (χ1) is 30.8. The maximum atomic E-state index is 4.70. The van der Waals surface area contributed by atoms with Gasteiger partial charge >= 0.3 is 0 Å². The summed E-state index contributed by atoms with van der Waals surface area (Å²) in [6, 6.07) is 39.9. The number of imidazole rings is 2. The van der Waals surface area contributed by atoms with Crippen molar-refractivity contribution in [2.75, 3.05) is 0 Å². The van der Waals surface area contributed by atoms with Gasteiger partial charge in [0.1, 0.15) is 11.4 Å². The number of azo groups is 2. The summed E-state index contributed by atoms with van der Waals surface area (Å²) in [7, 11) is 0. The van der Waals surface area contributed by atoms with Gasteiger partial charge in [0.25, 0.3) is 0 Å². The van der Waals surface area contributed by atoms with Crippen LogP contribution in [-0.2, 0) is 27.6 Å². The summed E-state index contributed by atoms with van der Waals surface area (Å²) in [6.45, 7) is 16.1. The second kappa shape index (κ2) is 17.9. The molecule has 0 amide bonds. The van der Waals surface area contributed by atoms with Crippen LogP contribution in [0.25, 0.3) is 56.3 Å². The fourth-order valence-corrected chi connectivity index (χ4v) is 7.06. The summed E-state index contributed by atoms with van der Waals surface area (Å²) in [5.41, 5.74) is 10.4. The second-order valence-electron chi connectivity index (χ2n) is 17.1. The number of hydrogen-bond donors (Lipinski definition) is 0. The van der Waals surface area contributed by atoms with E-state index in [1.165, 1.54) is 9.26 Å². The normalized spacial score (nSPS) is 12.1. The van der Waals surface area contributed by atoms with Crippen molar-refractivity contribution in [3.8, 4) is 45.0 Å². The van der Waals surface area contributed by atoms with Crippen molar-refractivity contribution < 1.29 is 16.8 Å². The molecule has 0 saturated heterocycles. The Labute approximate surface area is 385 Å². The molecule has 0 aliphatic heterocycles. The summed E-state index contributed by atoms with van der Waals surface area (Å²) >= 11 is 0. The minimum atomic E-state index is -0.248. The Morgan fingerprint density at radius 2 is 0.738 bits per heavy atom. The van der Waals surface area contributed by atoms with Gasteiger partial charge in [0, 0.05) is 62.3 Å². The summed E-state index contributed by atoms with van der Waals surface area (Å²) < 4.78 is 3.03. The zero-order valence-electron chi connectivity index (χ0n) is 37.0. The van der Waals surface area contributed by atoms with Crippen molar-refractivity contribution in [2.24, 2.45) is 20.5 Å². The molecule has 6 heterocycles. The first kappa shape index (κ1) is 44.0. The van der Waals surface area contributed by atoms with E-state index < -0.39 is 0 Å². The number of fused-ring (bicyclic) bond motifs is 2. The molecule has 1 radical (unpaired) electrons. The zero-order chi connectivity index (χ0) is 44.6. The van der Waals surface area contributed by atoms with E-state index in [9.17, 15) is 0 Å². The van der Waals surface area contributed by atoms with Crippen LogP contribution in [0.5, 0.6) is 0 Å². The molecule has 0 spiro atoms. The van der Waals surface area contributed by atoms with Gasteiger partial charge in [0.2, 0.25) is 0 Å². The molecule has 65 heavy (non-hydrogen) atoms. The zero-order valence-corrected chi connectivity index (χ0v) is 38.1. The van der Waals surface area contributed by atoms with E-state index in [0.717, 1.165) is 56.4 Å². The van der Waals surface area contributed by atoms with Gasteiger partial charge in [-0.15, -0.1) is 0 Å². The molecule has 10 aromatic rings. The predicted octanol–water partition coefficient (Wildman–Crippen LogP) is 10.8. The minimum absolute atomic E-state index is 0. The summed E-state index contributed by atoms with van der Waals surface area (Å²) in [6.07, 6.45) is 0.